The summed E-state index contributed by atoms with van der Waals surface area (Å²) in [6.45, 7) is 4.86. The second kappa shape index (κ2) is 6.72. The molecule has 2 N–H and O–H groups in total. The highest BCUT2D eigenvalue weighted by Crippen LogP contribution is 2.18. The van der Waals surface area contributed by atoms with Gasteiger partial charge in [0, 0.05) is 18.1 Å². The van der Waals surface area contributed by atoms with Gasteiger partial charge >= 0.3 is 5.97 Å². The van der Waals surface area contributed by atoms with Crippen LogP contribution in [0.2, 0.25) is 0 Å². The van der Waals surface area contributed by atoms with Crippen LogP contribution in [0.3, 0.4) is 0 Å². The Kier molecular flexibility index (Phi) is 4.96. The van der Waals surface area contributed by atoms with Gasteiger partial charge in [0.1, 0.15) is 6.04 Å². The van der Waals surface area contributed by atoms with Gasteiger partial charge in [0.05, 0.1) is 6.61 Å². The Bertz CT molecular complexity index is 515. The minimum atomic E-state index is -1.01. The standard InChI is InChI=1S/C16H21NO4/c1-10-6-11(2)8-13(7-10)15(18)17-14(16(19)20)12-4-3-5-21-9-12/h6-8,12,14H,3-5,9H2,1-2H3,(H,17,18)(H,19,20). The van der Waals surface area contributed by atoms with Gasteiger partial charge in [-0.3, -0.25) is 4.79 Å². The third-order valence-corrected chi connectivity index (χ3v) is 3.70. The fourth-order valence-electron chi connectivity index (χ4n) is 2.74. The molecule has 1 aromatic carbocycles. The predicted molar refractivity (Wildman–Crippen MR) is 78.3 cm³/mol. The SMILES string of the molecule is Cc1cc(C)cc(C(=O)NC(C(=O)O)C2CCCOC2)c1. The van der Waals surface area contributed by atoms with Crippen molar-refractivity contribution in [1.82, 2.24) is 5.32 Å². The zero-order chi connectivity index (χ0) is 15.4. The van der Waals surface area contributed by atoms with Crippen molar-refractivity contribution < 1.29 is 19.4 Å². The van der Waals surface area contributed by atoms with E-state index in [1.165, 1.54) is 0 Å². The van der Waals surface area contributed by atoms with E-state index in [2.05, 4.69) is 5.32 Å². The fourth-order valence-corrected chi connectivity index (χ4v) is 2.74. The fraction of sp³-hybridized carbons (Fsp3) is 0.500. The zero-order valence-electron chi connectivity index (χ0n) is 12.4. The smallest absolute Gasteiger partial charge is 0.326 e. The number of aryl methyl sites for hydroxylation is 2. The van der Waals surface area contributed by atoms with Crippen LogP contribution in [0.25, 0.3) is 0 Å². The molecular formula is C16H21NO4. The quantitative estimate of drug-likeness (QED) is 0.888. The van der Waals surface area contributed by atoms with Crippen molar-refractivity contribution in [3.05, 3.63) is 34.9 Å². The van der Waals surface area contributed by atoms with Gasteiger partial charge in [-0.15, -0.1) is 0 Å². The van der Waals surface area contributed by atoms with E-state index in [0.29, 0.717) is 18.8 Å². The Hall–Kier alpha value is -1.88. The molecule has 1 aliphatic rings. The summed E-state index contributed by atoms with van der Waals surface area (Å²) in [5.41, 5.74) is 2.46. The lowest BCUT2D eigenvalue weighted by Gasteiger charge is -2.28. The van der Waals surface area contributed by atoms with Crippen LogP contribution in [0, 0.1) is 19.8 Å². The number of ether oxygens (including phenoxy) is 1. The average Bonchev–Trinajstić information content (AvgIpc) is 2.44. The van der Waals surface area contributed by atoms with Crippen LogP contribution in [0.4, 0.5) is 0 Å². The highest BCUT2D eigenvalue weighted by molar-refractivity contribution is 5.97. The van der Waals surface area contributed by atoms with Gasteiger partial charge < -0.3 is 15.2 Å². The average molecular weight is 291 g/mol. The molecule has 21 heavy (non-hydrogen) atoms. The molecule has 0 saturated carbocycles. The molecule has 5 nitrogen and oxygen atoms in total. The monoisotopic (exact) mass is 291 g/mol. The van der Waals surface area contributed by atoms with Crippen molar-refractivity contribution in [3.63, 3.8) is 0 Å². The molecule has 1 heterocycles. The number of rotatable bonds is 4. The Morgan fingerprint density at radius 2 is 1.95 bits per heavy atom. The van der Waals surface area contributed by atoms with Crippen LogP contribution in [0.1, 0.15) is 34.3 Å². The lowest BCUT2D eigenvalue weighted by molar-refractivity contribution is -0.142. The summed E-state index contributed by atoms with van der Waals surface area (Å²) in [6, 6.07) is 4.59. The largest absolute Gasteiger partial charge is 0.480 e. The van der Waals surface area contributed by atoms with Crippen molar-refractivity contribution in [3.8, 4) is 0 Å². The van der Waals surface area contributed by atoms with Gasteiger partial charge in [-0.25, -0.2) is 4.79 Å². The van der Waals surface area contributed by atoms with Crippen LogP contribution < -0.4 is 5.32 Å². The highest BCUT2D eigenvalue weighted by Gasteiger charge is 2.31. The number of carboxylic acids is 1. The summed E-state index contributed by atoms with van der Waals surface area (Å²) in [5.74, 6) is -1.53. The van der Waals surface area contributed by atoms with Gasteiger partial charge in [0.15, 0.2) is 0 Å². The summed E-state index contributed by atoms with van der Waals surface area (Å²) in [5, 5.41) is 12.0. The first-order valence-corrected chi connectivity index (χ1v) is 7.17. The zero-order valence-corrected chi connectivity index (χ0v) is 12.4. The van der Waals surface area contributed by atoms with E-state index in [1.54, 1.807) is 12.1 Å². The van der Waals surface area contributed by atoms with E-state index in [0.717, 1.165) is 24.0 Å². The lowest BCUT2D eigenvalue weighted by atomic mass is 9.93. The second-order valence-corrected chi connectivity index (χ2v) is 5.64. The Balaban J connectivity index is 2.12. The molecule has 0 spiro atoms. The maximum atomic E-state index is 12.3. The topological polar surface area (TPSA) is 75.6 Å². The molecule has 1 aromatic rings. The second-order valence-electron chi connectivity index (χ2n) is 5.64. The number of benzene rings is 1. The molecule has 2 rings (SSSR count). The molecule has 1 saturated heterocycles. The third kappa shape index (κ3) is 4.04. The van der Waals surface area contributed by atoms with Crippen molar-refractivity contribution >= 4 is 11.9 Å². The van der Waals surface area contributed by atoms with Crippen LogP contribution >= 0.6 is 0 Å². The molecule has 1 fully saturated rings. The van der Waals surface area contributed by atoms with Crippen molar-refractivity contribution in [2.75, 3.05) is 13.2 Å². The van der Waals surface area contributed by atoms with Gasteiger partial charge in [-0.05, 0) is 38.8 Å². The molecule has 0 radical (unpaired) electrons. The van der Waals surface area contributed by atoms with E-state index in [4.69, 9.17) is 4.74 Å². The number of nitrogens with one attached hydrogen (secondary N) is 1. The summed E-state index contributed by atoms with van der Waals surface area (Å²) in [7, 11) is 0. The van der Waals surface area contributed by atoms with Gasteiger partial charge in [0.2, 0.25) is 0 Å². The van der Waals surface area contributed by atoms with E-state index < -0.39 is 12.0 Å². The minimum absolute atomic E-state index is 0.175. The molecule has 2 unspecified atom stereocenters. The van der Waals surface area contributed by atoms with Crippen molar-refractivity contribution in [2.45, 2.75) is 32.7 Å². The van der Waals surface area contributed by atoms with E-state index >= 15 is 0 Å². The number of amides is 1. The van der Waals surface area contributed by atoms with Crippen LogP contribution in [0.15, 0.2) is 18.2 Å². The van der Waals surface area contributed by atoms with Gasteiger partial charge in [0.25, 0.3) is 5.91 Å². The summed E-state index contributed by atoms with van der Waals surface area (Å²) < 4.78 is 5.32. The number of aliphatic carboxylic acids is 1. The minimum Gasteiger partial charge on any atom is -0.480 e. The molecule has 0 bridgehead atoms. The number of carbonyl (C=O) groups excluding carboxylic acids is 1. The van der Waals surface area contributed by atoms with Crippen LogP contribution in [0.5, 0.6) is 0 Å². The maximum absolute atomic E-state index is 12.3. The summed E-state index contributed by atoms with van der Waals surface area (Å²) in [4.78, 5) is 23.7. The highest BCUT2D eigenvalue weighted by atomic mass is 16.5. The summed E-state index contributed by atoms with van der Waals surface area (Å²) in [6.07, 6.45) is 1.58. The Labute approximate surface area is 124 Å². The van der Waals surface area contributed by atoms with Gasteiger partial charge in [-0.2, -0.15) is 0 Å². The number of carbonyl (C=O) groups is 2. The van der Waals surface area contributed by atoms with Gasteiger partial charge in [-0.1, -0.05) is 17.2 Å². The van der Waals surface area contributed by atoms with Crippen molar-refractivity contribution in [1.29, 1.82) is 0 Å². The van der Waals surface area contributed by atoms with E-state index in [1.807, 2.05) is 19.9 Å². The first kappa shape index (κ1) is 15.5. The molecule has 114 valence electrons. The molecular weight excluding hydrogens is 270 g/mol. The molecule has 5 heteroatoms. The number of carboxylic acid groups (broad SMARTS) is 1. The van der Waals surface area contributed by atoms with Crippen molar-refractivity contribution in [2.24, 2.45) is 5.92 Å². The lowest BCUT2D eigenvalue weighted by Crippen LogP contribution is -2.48. The Morgan fingerprint density at radius 3 is 2.48 bits per heavy atom. The van der Waals surface area contributed by atoms with E-state index in [-0.39, 0.29) is 11.8 Å². The molecule has 2 atom stereocenters. The molecule has 1 amide bonds. The number of hydrogen-bond acceptors (Lipinski definition) is 3. The molecule has 0 aromatic heterocycles. The predicted octanol–water partition coefficient (Wildman–Crippen LogP) is 1.91. The first-order chi connectivity index (χ1) is 9.97. The van der Waals surface area contributed by atoms with Crippen LogP contribution in [-0.4, -0.2) is 36.2 Å². The maximum Gasteiger partial charge on any atom is 0.326 e. The Morgan fingerprint density at radius 1 is 1.29 bits per heavy atom. The third-order valence-electron chi connectivity index (χ3n) is 3.70. The van der Waals surface area contributed by atoms with Crippen LogP contribution in [-0.2, 0) is 9.53 Å². The summed E-state index contributed by atoms with van der Waals surface area (Å²) >= 11 is 0. The molecule has 0 aliphatic carbocycles. The first-order valence-electron chi connectivity index (χ1n) is 7.17. The van der Waals surface area contributed by atoms with E-state index in [9.17, 15) is 14.7 Å². The molecule has 1 aliphatic heterocycles. The number of hydrogen-bond donors (Lipinski definition) is 2. The normalized spacial score (nSPS) is 19.8.